The first kappa shape index (κ1) is 11.7. The quantitative estimate of drug-likeness (QED) is 0.511. The molecule has 0 bridgehead atoms. The Bertz CT molecular complexity index is 413. The molecule has 0 saturated heterocycles. The Labute approximate surface area is 95.6 Å². The van der Waals surface area contributed by atoms with Crippen molar-refractivity contribution in [2.75, 3.05) is 0 Å². The molecule has 0 saturated carbocycles. The van der Waals surface area contributed by atoms with E-state index in [0.29, 0.717) is 0 Å². The van der Waals surface area contributed by atoms with Gasteiger partial charge in [0, 0.05) is 5.02 Å². The van der Waals surface area contributed by atoms with Gasteiger partial charge < -0.3 is 5.73 Å². The molecule has 15 heavy (non-hydrogen) atoms. The average Bonchev–Trinajstić information content (AvgIpc) is 2.14. The van der Waals surface area contributed by atoms with Gasteiger partial charge in [0.25, 0.3) is 5.91 Å². The van der Waals surface area contributed by atoms with Gasteiger partial charge in [0.15, 0.2) is 5.11 Å². The molecular weight excluding hydrogens is 241 g/mol. The zero-order valence-electron chi connectivity index (χ0n) is 7.38. The Morgan fingerprint density at radius 1 is 1.47 bits per heavy atom. The van der Waals surface area contributed by atoms with Crippen LogP contribution in [0.2, 0.25) is 5.02 Å². The van der Waals surface area contributed by atoms with Gasteiger partial charge in [0.05, 0.1) is 5.56 Å². The van der Waals surface area contributed by atoms with Crippen LogP contribution in [0.25, 0.3) is 0 Å². The Kier molecular flexibility index (Phi) is 3.81. The van der Waals surface area contributed by atoms with E-state index in [0.717, 1.165) is 6.07 Å². The van der Waals surface area contributed by atoms with E-state index >= 15 is 0 Å². The molecule has 7 heteroatoms. The van der Waals surface area contributed by atoms with Gasteiger partial charge in [-0.05, 0) is 30.4 Å². The molecule has 1 rings (SSSR count). The van der Waals surface area contributed by atoms with Crippen LogP contribution in [-0.4, -0.2) is 11.0 Å². The summed E-state index contributed by atoms with van der Waals surface area (Å²) in [5.74, 6) is -1.40. The maximum atomic E-state index is 13.2. The maximum Gasteiger partial charge on any atom is 0.272 e. The summed E-state index contributed by atoms with van der Waals surface area (Å²) in [5, 5.41) is 0.101. The number of amides is 1. The van der Waals surface area contributed by atoms with Crippen LogP contribution < -0.4 is 16.6 Å². The average molecular weight is 248 g/mol. The van der Waals surface area contributed by atoms with E-state index in [1.165, 1.54) is 12.1 Å². The summed E-state index contributed by atoms with van der Waals surface area (Å²) in [7, 11) is 0. The highest BCUT2D eigenvalue weighted by molar-refractivity contribution is 7.80. The van der Waals surface area contributed by atoms with Crippen LogP contribution in [0.1, 0.15) is 10.4 Å². The molecule has 0 atom stereocenters. The molecule has 4 nitrogen and oxygen atoms in total. The van der Waals surface area contributed by atoms with E-state index < -0.39 is 11.7 Å². The fourth-order valence-electron chi connectivity index (χ4n) is 0.859. The lowest BCUT2D eigenvalue weighted by atomic mass is 10.2. The number of benzene rings is 1. The largest absolute Gasteiger partial charge is 0.375 e. The SMILES string of the molecule is NC(=S)NNC(=O)c1ccc(Cl)cc1F. The molecule has 1 aromatic rings. The Balaban J connectivity index is 2.78. The van der Waals surface area contributed by atoms with Crippen molar-refractivity contribution in [1.82, 2.24) is 10.9 Å². The van der Waals surface area contributed by atoms with Crippen molar-refractivity contribution in [1.29, 1.82) is 0 Å². The van der Waals surface area contributed by atoms with Gasteiger partial charge in [-0.15, -0.1) is 0 Å². The normalized spacial score (nSPS) is 9.47. The van der Waals surface area contributed by atoms with Crippen LogP contribution in [0.5, 0.6) is 0 Å². The minimum atomic E-state index is -0.718. The minimum absolute atomic E-state index is 0.113. The Hall–Kier alpha value is -1.40. The molecule has 0 aliphatic rings. The van der Waals surface area contributed by atoms with E-state index in [4.69, 9.17) is 17.3 Å². The fourth-order valence-corrected chi connectivity index (χ4v) is 1.07. The van der Waals surface area contributed by atoms with Crippen LogP contribution in [0.15, 0.2) is 18.2 Å². The Morgan fingerprint density at radius 3 is 2.67 bits per heavy atom. The molecule has 1 aromatic carbocycles. The first-order chi connectivity index (χ1) is 7.00. The van der Waals surface area contributed by atoms with Crippen molar-refractivity contribution in [3.05, 3.63) is 34.6 Å². The van der Waals surface area contributed by atoms with E-state index in [2.05, 4.69) is 23.1 Å². The number of hydrogen-bond acceptors (Lipinski definition) is 2. The van der Waals surface area contributed by atoms with Gasteiger partial charge in [0.2, 0.25) is 0 Å². The van der Waals surface area contributed by atoms with Gasteiger partial charge in [-0.2, -0.15) is 0 Å². The van der Waals surface area contributed by atoms with Crippen molar-refractivity contribution in [3.8, 4) is 0 Å². The standard InChI is InChI=1S/C8H7ClFN3OS/c9-4-1-2-5(6(10)3-4)7(14)12-13-8(11)15/h1-3H,(H,12,14)(H3,11,13,15). The summed E-state index contributed by atoms with van der Waals surface area (Å²) in [5.41, 5.74) is 9.24. The minimum Gasteiger partial charge on any atom is -0.375 e. The van der Waals surface area contributed by atoms with Crippen LogP contribution in [0.4, 0.5) is 4.39 Å². The number of hydrogen-bond donors (Lipinski definition) is 3. The van der Waals surface area contributed by atoms with Gasteiger partial charge in [0.1, 0.15) is 5.82 Å². The zero-order chi connectivity index (χ0) is 11.4. The molecule has 80 valence electrons. The second-order valence-electron chi connectivity index (χ2n) is 2.57. The van der Waals surface area contributed by atoms with Crippen molar-refractivity contribution < 1.29 is 9.18 Å². The van der Waals surface area contributed by atoms with E-state index in [-0.39, 0.29) is 15.7 Å². The maximum absolute atomic E-state index is 13.2. The lowest BCUT2D eigenvalue weighted by Crippen LogP contribution is -2.44. The smallest absolute Gasteiger partial charge is 0.272 e. The topological polar surface area (TPSA) is 67.2 Å². The molecule has 0 aliphatic heterocycles. The van der Waals surface area contributed by atoms with Gasteiger partial charge in [-0.1, -0.05) is 11.6 Å². The van der Waals surface area contributed by atoms with E-state index in [1.807, 2.05) is 0 Å². The summed E-state index contributed by atoms with van der Waals surface area (Å²) in [6.07, 6.45) is 0. The van der Waals surface area contributed by atoms with Crippen molar-refractivity contribution >= 4 is 34.8 Å². The van der Waals surface area contributed by atoms with Crippen LogP contribution in [0, 0.1) is 5.82 Å². The fraction of sp³-hybridized carbons (Fsp3) is 0. The summed E-state index contributed by atoms with van der Waals surface area (Å²) >= 11 is 9.98. The summed E-state index contributed by atoms with van der Waals surface area (Å²) < 4.78 is 13.2. The second kappa shape index (κ2) is 4.90. The Morgan fingerprint density at radius 2 is 2.13 bits per heavy atom. The second-order valence-corrected chi connectivity index (χ2v) is 3.44. The first-order valence-electron chi connectivity index (χ1n) is 3.81. The summed E-state index contributed by atoms with van der Waals surface area (Å²) in [4.78, 5) is 11.3. The van der Waals surface area contributed by atoms with E-state index in [9.17, 15) is 9.18 Å². The number of nitrogens with one attached hydrogen (secondary N) is 2. The molecule has 0 radical (unpaired) electrons. The van der Waals surface area contributed by atoms with Crippen molar-refractivity contribution in [3.63, 3.8) is 0 Å². The van der Waals surface area contributed by atoms with Crippen LogP contribution in [0.3, 0.4) is 0 Å². The number of halogens is 2. The predicted molar refractivity (Wildman–Crippen MR) is 58.8 cm³/mol. The highest BCUT2D eigenvalue weighted by Crippen LogP contribution is 2.14. The molecule has 0 aromatic heterocycles. The molecular formula is C8H7ClFN3OS. The number of rotatable bonds is 1. The van der Waals surface area contributed by atoms with Gasteiger partial charge >= 0.3 is 0 Å². The molecule has 0 heterocycles. The van der Waals surface area contributed by atoms with Crippen molar-refractivity contribution in [2.45, 2.75) is 0 Å². The predicted octanol–water partition coefficient (Wildman–Crippen LogP) is 0.957. The summed E-state index contributed by atoms with van der Waals surface area (Å²) in [6.45, 7) is 0. The van der Waals surface area contributed by atoms with Crippen molar-refractivity contribution in [2.24, 2.45) is 5.73 Å². The number of thiocarbonyl (C=S) groups is 1. The zero-order valence-corrected chi connectivity index (χ0v) is 8.95. The molecule has 0 aliphatic carbocycles. The van der Waals surface area contributed by atoms with Crippen LogP contribution in [-0.2, 0) is 0 Å². The lowest BCUT2D eigenvalue weighted by molar-refractivity contribution is 0.0940. The highest BCUT2D eigenvalue weighted by atomic mass is 35.5. The number of hydrazine groups is 1. The summed E-state index contributed by atoms with van der Waals surface area (Å²) in [6, 6.07) is 3.70. The number of nitrogens with two attached hydrogens (primary N) is 1. The van der Waals surface area contributed by atoms with Crippen LogP contribution >= 0.6 is 23.8 Å². The van der Waals surface area contributed by atoms with Gasteiger partial charge in [-0.3, -0.25) is 15.6 Å². The molecule has 4 N–H and O–H groups in total. The third-order valence-electron chi connectivity index (χ3n) is 1.47. The lowest BCUT2D eigenvalue weighted by Gasteiger charge is -2.06. The molecule has 0 spiro atoms. The number of carbonyl (C=O) groups excluding carboxylic acids is 1. The monoisotopic (exact) mass is 247 g/mol. The number of carbonyl (C=O) groups is 1. The first-order valence-corrected chi connectivity index (χ1v) is 4.60. The molecule has 1 amide bonds. The third kappa shape index (κ3) is 3.34. The highest BCUT2D eigenvalue weighted by Gasteiger charge is 2.11. The van der Waals surface area contributed by atoms with Gasteiger partial charge in [-0.25, -0.2) is 4.39 Å². The van der Waals surface area contributed by atoms with E-state index in [1.54, 1.807) is 0 Å². The molecule has 0 unspecified atom stereocenters. The third-order valence-corrected chi connectivity index (χ3v) is 1.81. The molecule has 0 fully saturated rings.